The van der Waals surface area contributed by atoms with Gasteiger partial charge >= 0.3 is 11.9 Å². The normalized spacial score (nSPS) is 11.5. The van der Waals surface area contributed by atoms with Crippen LogP contribution in [0.2, 0.25) is 0 Å². The summed E-state index contributed by atoms with van der Waals surface area (Å²) in [6.45, 7) is 6.41. The van der Waals surface area contributed by atoms with Crippen LogP contribution in [0.15, 0.2) is 12.7 Å². The molecule has 0 N–H and O–H groups in total. The van der Waals surface area contributed by atoms with Gasteiger partial charge in [0.2, 0.25) is 6.29 Å². The number of rotatable bonds is 5. The zero-order valence-electron chi connectivity index (χ0n) is 7.91. The Hall–Kier alpha value is -1.32. The predicted molar refractivity (Wildman–Crippen MR) is 46.8 cm³/mol. The highest BCUT2D eigenvalue weighted by Gasteiger charge is 2.13. The lowest BCUT2D eigenvalue weighted by Crippen LogP contribution is -2.22. The highest BCUT2D eigenvalue weighted by molar-refractivity contribution is 5.81. The monoisotopic (exact) mass is 186 g/mol. The summed E-state index contributed by atoms with van der Waals surface area (Å²) in [5, 5.41) is 0. The average molecular weight is 186 g/mol. The van der Waals surface area contributed by atoms with Crippen LogP contribution >= 0.6 is 0 Å². The second kappa shape index (κ2) is 6.22. The SMILES string of the molecule is C=CC(=O)OC(CCC)OC(C)=O. The summed E-state index contributed by atoms with van der Waals surface area (Å²) >= 11 is 0. The highest BCUT2D eigenvalue weighted by Crippen LogP contribution is 2.04. The zero-order chi connectivity index (χ0) is 10.3. The van der Waals surface area contributed by atoms with Gasteiger partial charge in [-0.25, -0.2) is 4.79 Å². The van der Waals surface area contributed by atoms with Gasteiger partial charge in [-0.2, -0.15) is 0 Å². The van der Waals surface area contributed by atoms with Crippen molar-refractivity contribution >= 4 is 11.9 Å². The summed E-state index contributed by atoms with van der Waals surface area (Å²) in [6.07, 6.45) is 1.52. The van der Waals surface area contributed by atoms with Crippen molar-refractivity contribution in [2.24, 2.45) is 0 Å². The average Bonchev–Trinajstić information content (AvgIpc) is 2.03. The standard InChI is InChI=1S/C9H14O4/c1-4-6-9(12-7(3)10)13-8(11)5-2/h5,9H,2,4,6H2,1,3H3. The molecule has 0 rings (SSSR count). The van der Waals surface area contributed by atoms with E-state index in [2.05, 4.69) is 6.58 Å². The Balaban J connectivity index is 4.00. The third-order valence-corrected chi connectivity index (χ3v) is 1.24. The van der Waals surface area contributed by atoms with E-state index >= 15 is 0 Å². The molecule has 0 fully saturated rings. The molecule has 0 aliphatic carbocycles. The first-order valence-electron chi connectivity index (χ1n) is 4.10. The van der Waals surface area contributed by atoms with Crippen molar-refractivity contribution in [1.29, 1.82) is 0 Å². The Morgan fingerprint density at radius 1 is 1.46 bits per heavy atom. The minimum Gasteiger partial charge on any atom is -0.425 e. The molecule has 0 aromatic rings. The van der Waals surface area contributed by atoms with Gasteiger partial charge in [-0.15, -0.1) is 0 Å². The van der Waals surface area contributed by atoms with Crippen LogP contribution in [0.1, 0.15) is 26.7 Å². The van der Waals surface area contributed by atoms with Gasteiger partial charge in [-0.3, -0.25) is 4.79 Å². The highest BCUT2D eigenvalue weighted by atomic mass is 16.7. The molecule has 0 heterocycles. The fourth-order valence-corrected chi connectivity index (χ4v) is 0.740. The number of ether oxygens (including phenoxy) is 2. The molecule has 0 aromatic heterocycles. The molecule has 0 aromatic carbocycles. The Bertz CT molecular complexity index is 198. The Morgan fingerprint density at radius 3 is 2.46 bits per heavy atom. The smallest absolute Gasteiger partial charge is 0.333 e. The quantitative estimate of drug-likeness (QED) is 0.370. The first-order chi connectivity index (χ1) is 6.10. The van der Waals surface area contributed by atoms with Crippen molar-refractivity contribution in [1.82, 2.24) is 0 Å². The molecule has 74 valence electrons. The fourth-order valence-electron chi connectivity index (χ4n) is 0.740. The summed E-state index contributed by atoms with van der Waals surface area (Å²) in [6, 6.07) is 0. The molecule has 1 unspecified atom stereocenters. The summed E-state index contributed by atoms with van der Waals surface area (Å²) in [5.41, 5.74) is 0. The molecule has 0 saturated heterocycles. The van der Waals surface area contributed by atoms with E-state index in [9.17, 15) is 9.59 Å². The van der Waals surface area contributed by atoms with Crippen LogP contribution in [0.5, 0.6) is 0 Å². The van der Waals surface area contributed by atoms with E-state index in [0.717, 1.165) is 12.5 Å². The van der Waals surface area contributed by atoms with Crippen molar-refractivity contribution in [2.75, 3.05) is 0 Å². The van der Waals surface area contributed by atoms with Crippen molar-refractivity contribution in [2.45, 2.75) is 33.0 Å². The van der Waals surface area contributed by atoms with Gasteiger partial charge in [0.1, 0.15) is 0 Å². The van der Waals surface area contributed by atoms with Crippen LogP contribution in [0.25, 0.3) is 0 Å². The molecule has 4 heteroatoms. The zero-order valence-corrected chi connectivity index (χ0v) is 7.91. The molecule has 0 aliphatic rings. The first kappa shape index (κ1) is 11.7. The van der Waals surface area contributed by atoms with E-state index in [1.54, 1.807) is 0 Å². The summed E-state index contributed by atoms with van der Waals surface area (Å²) in [7, 11) is 0. The van der Waals surface area contributed by atoms with E-state index in [1.165, 1.54) is 6.92 Å². The molecule has 0 radical (unpaired) electrons. The van der Waals surface area contributed by atoms with Crippen LogP contribution in [-0.4, -0.2) is 18.2 Å². The van der Waals surface area contributed by atoms with Crippen molar-refractivity contribution in [3.63, 3.8) is 0 Å². The van der Waals surface area contributed by atoms with E-state index in [4.69, 9.17) is 9.47 Å². The van der Waals surface area contributed by atoms with Crippen molar-refractivity contribution < 1.29 is 19.1 Å². The number of carbonyl (C=O) groups excluding carboxylic acids is 2. The van der Waals surface area contributed by atoms with Crippen molar-refractivity contribution in [3.8, 4) is 0 Å². The summed E-state index contributed by atoms with van der Waals surface area (Å²) < 4.78 is 9.48. The van der Waals surface area contributed by atoms with Gasteiger partial charge in [0.15, 0.2) is 0 Å². The maximum atomic E-state index is 10.7. The maximum absolute atomic E-state index is 10.7. The van der Waals surface area contributed by atoms with Crippen LogP contribution in [-0.2, 0) is 19.1 Å². The second-order valence-electron chi connectivity index (χ2n) is 2.47. The van der Waals surface area contributed by atoms with Crippen LogP contribution in [0, 0.1) is 0 Å². The topological polar surface area (TPSA) is 52.6 Å². The number of esters is 2. The molecular weight excluding hydrogens is 172 g/mol. The molecule has 0 spiro atoms. The Labute approximate surface area is 77.5 Å². The molecule has 1 atom stereocenters. The van der Waals surface area contributed by atoms with Gasteiger partial charge < -0.3 is 9.47 Å². The second-order valence-corrected chi connectivity index (χ2v) is 2.47. The van der Waals surface area contributed by atoms with E-state index < -0.39 is 18.2 Å². The van der Waals surface area contributed by atoms with Gasteiger partial charge in [0.05, 0.1) is 0 Å². The number of hydrogen-bond donors (Lipinski definition) is 0. The molecular formula is C9H14O4. The van der Waals surface area contributed by atoms with Crippen molar-refractivity contribution in [3.05, 3.63) is 12.7 Å². The van der Waals surface area contributed by atoms with E-state index in [0.29, 0.717) is 6.42 Å². The van der Waals surface area contributed by atoms with Gasteiger partial charge in [-0.1, -0.05) is 13.5 Å². The third kappa shape index (κ3) is 5.90. The molecule has 0 saturated carbocycles. The Kier molecular flexibility index (Phi) is 5.59. The summed E-state index contributed by atoms with van der Waals surface area (Å²) in [5.74, 6) is -1.05. The predicted octanol–water partition coefficient (Wildman–Crippen LogP) is 1.40. The van der Waals surface area contributed by atoms with Crippen LogP contribution < -0.4 is 0 Å². The maximum Gasteiger partial charge on any atom is 0.333 e. The molecule has 0 amide bonds. The van der Waals surface area contributed by atoms with Gasteiger partial charge in [-0.05, 0) is 6.42 Å². The molecule has 0 bridgehead atoms. The lowest BCUT2D eigenvalue weighted by molar-refractivity contribution is -0.183. The van der Waals surface area contributed by atoms with Gasteiger partial charge in [0, 0.05) is 19.4 Å². The molecule has 4 nitrogen and oxygen atoms in total. The molecule has 0 aliphatic heterocycles. The van der Waals surface area contributed by atoms with Gasteiger partial charge in [0.25, 0.3) is 0 Å². The number of carbonyl (C=O) groups is 2. The molecule has 13 heavy (non-hydrogen) atoms. The fraction of sp³-hybridized carbons (Fsp3) is 0.556. The largest absolute Gasteiger partial charge is 0.425 e. The third-order valence-electron chi connectivity index (χ3n) is 1.24. The summed E-state index contributed by atoms with van der Waals surface area (Å²) in [4.78, 5) is 21.3. The lowest BCUT2D eigenvalue weighted by Gasteiger charge is -2.15. The minimum atomic E-state index is -0.784. The minimum absolute atomic E-state index is 0.463. The van der Waals surface area contributed by atoms with E-state index in [1.807, 2.05) is 6.92 Å². The number of hydrogen-bond acceptors (Lipinski definition) is 4. The first-order valence-corrected chi connectivity index (χ1v) is 4.10. The van der Waals surface area contributed by atoms with E-state index in [-0.39, 0.29) is 0 Å². The van der Waals surface area contributed by atoms with Crippen LogP contribution in [0.3, 0.4) is 0 Å². The lowest BCUT2D eigenvalue weighted by atomic mass is 10.3. The van der Waals surface area contributed by atoms with Crippen LogP contribution in [0.4, 0.5) is 0 Å². The Morgan fingerprint density at radius 2 is 2.08 bits per heavy atom.